The van der Waals surface area contributed by atoms with Gasteiger partial charge in [0.2, 0.25) is 0 Å². The van der Waals surface area contributed by atoms with Gasteiger partial charge in [-0.1, -0.05) is 18.2 Å². The van der Waals surface area contributed by atoms with Crippen LogP contribution in [0.5, 0.6) is 5.75 Å². The lowest BCUT2D eigenvalue weighted by molar-refractivity contribution is 0.0696. The monoisotopic (exact) mass is 403 g/mol. The number of rotatable bonds is 6. The van der Waals surface area contributed by atoms with Gasteiger partial charge < -0.3 is 18.8 Å². The maximum Gasteiger partial charge on any atom is 0.335 e. The van der Waals surface area contributed by atoms with E-state index in [1.54, 1.807) is 53.2 Å². The second kappa shape index (κ2) is 7.96. The first-order valence-electron chi connectivity index (χ1n) is 8.98. The zero-order valence-corrected chi connectivity index (χ0v) is 15.9. The number of aromatic carboxylic acids is 1. The van der Waals surface area contributed by atoms with E-state index < -0.39 is 11.9 Å². The Morgan fingerprint density at radius 1 is 1.13 bits per heavy atom. The molecular formula is C22H17N3O5. The molecule has 2 heterocycles. The van der Waals surface area contributed by atoms with Gasteiger partial charge in [0.25, 0.3) is 0 Å². The Labute approximate surface area is 171 Å². The second-order valence-corrected chi connectivity index (χ2v) is 6.35. The van der Waals surface area contributed by atoms with Crippen LogP contribution in [0.2, 0.25) is 0 Å². The number of hydrogen-bond donors (Lipinski definition) is 2. The van der Waals surface area contributed by atoms with Crippen molar-refractivity contribution >= 4 is 29.1 Å². The number of furan rings is 1. The molecule has 8 heteroatoms. The van der Waals surface area contributed by atoms with Crippen LogP contribution < -0.4 is 10.2 Å². The standard InChI is InChI=1S/C22H17N3O5/c1-29-18-9-3-5-14-12-19(30-20(14)18)21(26)24-23-13-17-8-4-10-25(17)16-7-2-6-15(11-16)22(27)28/h2-13H,1H3,(H,24,26)(H,27,28). The van der Waals surface area contributed by atoms with Gasteiger partial charge in [0, 0.05) is 17.3 Å². The first-order valence-corrected chi connectivity index (χ1v) is 8.98. The molecule has 1 amide bonds. The molecule has 0 aliphatic rings. The molecule has 0 radical (unpaired) electrons. The van der Waals surface area contributed by atoms with E-state index in [9.17, 15) is 14.7 Å². The highest BCUT2D eigenvalue weighted by molar-refractivity contribution is 5.97. The number of benzene rings is 2. The van der Waals surface area contributed by atoms with E-state index in [2.05, 4.69) is 10.5 Å². The Bertz CT molecular complexity index is 1270. The summed E-state index contributed by atoms with van der Waals surface area (Å²) >= 11 is 0. The predicted octanol–water partition coefficient (Wildman–Crippen LogP) is 3.69. The van der Waals surface area contributed by atoms with Crippen LogP contribution in [0, 0.1) is 0 Å². The van der Waals surface area contributed by atoms with Crippen molar-refractivity contribution in [2.45, 2.75) is 0 Å². The Morgan fingerprint density at radius 3 is 2.77 bits per heavy atom. The number of nitrogens with one attached hydrogen (secondary N) is 1. The van der Waals surface area contributed by atoms with Crippen LogP contribution in [0.4, 0.5) is 0 Å². The number of carbonyl (C=O) groups is 2. The number of para-hydroxylation sites is 1. The van der Waals surface area contributed by atoms with Crippen LogP contribution in [0.25, 0.3) is 16.7 Å². The van der Waals surface area contributed by atoms with Gasteiger partial charge in [-0.25, -0.2) is 10.2 Å². The van der Waals surface area contributed by atoms with Crippen molar-refractivity contribution in [2.24, 2.45) is 5.10 Å². The average Bonchev–Trinajstić information content (AvgIpc) is 3.40. The summed E-state index contributed by atoms with van der Waals surface area (Å²) in [6.07, 6.45) is 3.24. The molecule has 2 aromatic carbocycles. The van der Waals surface area contributed by atoms with Crippen LogP contribution in [-0.2, 0) is 0 Å². The number of hydrogen-bond acceptors (Lipinski definition) is 5. The van der Waals surface area contributed by atoms with Gasteiger partial charge in [-0.05, 0) is 42.5 Å². The van der Waals surface area contributed by atoms with E-state index in [4.69, 9.17) is 9.15 Å². The number of nitrogens with zero attached hydrogens (tertiary/aromatic N) is 2. The smallest absolute Gasteiger partial charge is 0.335 e. The SMILES string of the molecule is COc1cccc2cc(C(=O)NN=Cc3cccn3-c3cccc(C(=O)O)c3)oc12. The van der Waals surface area contributed by atoms with Gasteiger partial charge in [-0.3, -0.25) is 4.79 Å². The number of carboxylic acids is 1. The van der Waals surface area contributed by atoms with Crippen LogP contribution in [0.15, 0.2) is 76.4 Å². The summed E-state index contributed by atoms with van der Waals surface area (Å²) < 4.78 is 12.6. The van der Waals surface area contributed by atoms with Crippen LogP contribution in [0.3, 0.4) is 0 Å². The number of hydrazone groups is 1. The second-order valence-electron chi connectivity index (χ2n) is 6.35. The molecule has 2 N–H and O–H groups in total. The van der Waals surface area contributed by atoms with Crippen LogP contribution >= 0.6 is 0 Å². The first-order chi connectivity index (χ1) is 14.6. The zero-order valence-electron chi connectivity index (χ0n) is 15.9. The molecule has 150 valence electrons. The van der Waals surface area contributed by atoms with Crippen molar-refractivity contribution in [1.29, 1.82) is 0 Å². The third-order valence-corrected chi connectivity index (χ3v) is 4.47. The molecule has 0 saturated heterocycles. The maximum atomic E-state index is 12.4. The van der Waals surface area contributed by atoms with Crippen molar-refractivity contribution in [2.75, 3.05) is 7.11 Å². The van der Waals surface area contributed by atoms with Crippen molar-refractivity contribution in [3.8, 4) is 11.4 Å². The van der Waals surface area contributed by atoms with E-state index in [1.165, 1.54) is 19.4 Å². The first kappa shape index (κ1) is 19.0. The number of aromatic nitrogens is 1. The lowest BCUT2D eigenvalue weighted by Crippen LogP contribution is -2.17. The fraction of sp³-hybridized carbons (Fsp3) is 0.0455. The summed E-state index contributed by atoms with van der Waals surface area (Å²) in [4.78, 5) is 23.6. The minimum Gasteiger partial charge on any atom is -0.493 e. The van der Waals surface area contributed by atoms with E-state index in [-0.39, 0.29) is 11.3 Å². The molecule has 4 rings (SSSR count). The number of ether oxygens (including phenoxy) is 1. The summed E-state index contributed by atoms with van der Waals surface area (Å²) in [7, 11) is 1.53. The molecule has 0 aliphatic carbocycles. The molecule has 4 aromatic rings. The zero-order chi connectivity index (χ0) is 21.1. The highest BCUT2D eigenvalue weighted by Crippen LogP contribution is 2.28. The summed E-state index contributed by atoms with van der Waals surface area (Å²) in [5, 5.41) is 13.9. The topological polar surface area (TPSA) is 106 Å². The fourth-order valence-electron chi connectivity index (χ4n) is 3.04. The molecule has 0 saturated carbocycles. The lowest BCUT2D eigenvalue weighted by atomic mass is 10.2. The van der Waals surface area contributed by atoms with Gasteiger partial charge in [-0.15, -0.1) is 0 Å². The lowest BCUT2D eigenvalue weighted by Gasteiger charge is -2.07. The molecule has 0 fully saturated rings. The highest BCUT2D eigenvalue weighted by Gasteiger charge is 2.14. The van der Waals surface area contributed by atoms with Crippen molar-refractivity contribution < 1.29 is 23.8 Å². The maximum absolute atomic E-state index is 12.4. The molecule has 2 aromatic heterocycles. The van der Waals surface area contributed by atoms with Gasteiger partial charge in [-0.2, -0.15) is 5.10 Å². The van der Waals surface area contributed by atoms with Crippen molar-refractivity contribution in [3.05, 3.63) is 83.9 Å². The van der Waals surface area contributed by atoms with E-state index in [1.807, 2.05) is 12.1 Å². The number of carbonyl (C=O) groups excluding carboxylic acids is 1. The largest absolute Gasteiger partial charge is 0.493 e. The van der Waals surface area contributed by atoms with E-state index in [0.717, 1.165) is 5.39 Å². The molecule has 30 heavy (non-hydrogen) atoms. The van der Waals surface area contributed by atoms with Crippen molar-refractivity contribution in [3.63, 3.8) is 0 Å². The fourth-order valence-corrected chi connectivity index (χ4v) is 3.04. The summed E-state index contributed by atoms with van der Waals surface area (Å²) in [6, 6.07) is 17.1. The third-order valence-electron chi connectivity index (χ3n) is 4.47. The third kappa shape index (κ3) is 3.66. The van der Waals surface area contributed by atoms with E-state index in [0.29, 0.717) is 22.7 Å². The number of carboxylic acid groups (broad SMARTS) is 1. The Kier molecular flexibility index (Phi) is 5.04. The van der Waals surface area contributed by atoms with Gasteiger partial charge >= 0.3 is 11.9 Å². The normalized spacial score (nSPS) is 11.1. The highest BCUT2D eigenvalue weighted by atomic mass is 16.5. The number of methoxy groups -OCH3 is 1. The summed E-state index contributed by atoms with van der Waals surface area (Å²) in [6.45, 7) is 0. The molecule has 0 spiro atoms. The van der Waals surface area contributed by atoms with Crippen LogP contribution in [-0.4, -0.2) is 34.9 Å². The minimum absolute atomic E-state index is 0.108. The van der Waals surface area contributed by atoms with Gasteiger partial charge in [0.1, 0.15) is 0 Å². The quantitative estimate of drug-likeness (QED) is 0.377. The summed E-state index contributed by atoms with van der Waals surface area (Å²) in [5.41, 5.74) is 4.42. The van der Waals surface area contributed by atoms with Gasteiger partial charge in [0.05, 0.1) is 24.6 Å². The minimum atomic E-state index is -1.01. The average molecular weight is 403 g/mol. The number of fused-ring (bicyclic) bond motifs is 1. The van der Waals surface area contributed by atoms with Crippen molar-refractivity contribution in [1.82, 2.24) is 9.99 Å². The van der Waals surface area contributed by atoms with E-state index >= 15 is 0 Å². The molecule has 0 unspecified atom stereocenters. The Balaban J connectivity index is 1.52. The molecule has 0 bridgehead atoms. The number of amides is 1. The molecule has 8 nitrogen and oxygen atoms in total. The molecule has 0 aliphatic heterocycles. The van der Waals surface area contributed by atoms with Gasteiger partial charge in [0.15, 0.2) is 17.1 Å². The molecular weight excluding hydrogens is 386 g/mol. The Hall–Kier alpha value is -4.33. The van der Waals surface area contributed by atoms with Crippen LogP contribution in [0.1, 0.15) is 26.6 Å². The molecule has 0 atom stereocenters. The predicted molar refractivity (Wildman–Crippen MR) is 111 cm³/mol. The summed E-state index contributed by atoms with van der Waals surface area (Å²) in [5.74, 6) is -0.864. The Morgan fingerprint density at radius 2 is 1.97 bits per heavy atom.